The number of carbonyl (C=O) groups is 2. The minimum absolute atomic E-state index is 0.0345. The number of anilines is 2. The van der Waals surface area contributed by atoms with Gasteiger partial charge in [0.2, 0.25) is 11.8 Å². The molecule has 4 N–H and O–H groups in total. The molecule has 0 heterocycles. The molecule has 1 aromatic carbocycles. The molecule has 0 aliphatic carbocycles. The van der Waals surface area contributed by atoms with Gasteiger partial charge in [0.25, 0.3) is 0 Å². The molecule has 98 valence electrons. The number of amides is 2. The average Bonchev–Trinajstić information content (AvgIpc) is 2.37. The van der Waals surface area contributed by atoms with Gasteiger partial charge in [0, 0.05) is 19.2 Å². The van der Waals surface area contributed by atoms with Crippen molar-refractivity contribution in [1.29, 1.82) is 0 Å². The fourth-order valence-electron chi connectivity index (χ4n) is 1.23. The number of nitrogens with two attached hydrogens (primary N) is 1. The lowest BCUT2D eigenvalue weighted by Gasteiger charge is -2.07. The summed E-state index contributed by atoms with van der Waals surface area (Å²) in [4.78, 5) is 22.5. The summed E-state index contributed by atoms with van der Waals surface area (Å²) in [6, 6.07) is 7.11. The predicted octanol–water partition coefficient (Wildman–Crippen LogP) is 1.08. The second kappa shape index (κ2) is 7.60. The molecule has 0 saturated carbocycles. The van der Waals surface area contributed by atoms with E-state index in [-0.39, 0.29) is 11.8 Å². The largest absolute Gasteiger partial charge is 0.397 e. The van der Waals surface area contributed by atoms with Crippen LogP contribution in [0.25, 0.3) is 0 Å². The lowest BCUT2D eigenvalue weighted by molar-refractivity contribution is -0.118. The Hall–Kier alpha value is -1.69. The molecule has 2 amide bonds. The average molecular weight is 267 g/mol. The van der Waals surface area contributed by atoms with E-state index >= 15 is 0 Å². The van der Waals surface area contributed by atoms with Gasteiger partial charge in [-0.3, -0.25) is 9.59 Å². The molecule has 0 fully saturated rings. The van der Waals surface area contributed by atoms with Gasteiger partial charge in [0.15, 0.2) is 0 Å². The van der Waals surface area contributed by atoms with Crippen LogP contribution in [0.2, 0.25) is 0 Å². The summed E-state index contributed by atoms with van der Waals surface area (Å²) in [5, 5.41) is 5.26. The molecule has 18 heavy (non-hydrogen) atoms. The van der Waals surface area contributed by atoms with E-state index in [4.69, 9.17) is 5.73 Å². The number of nitrogen functional groups attached to an aromatic ring is 1. The van der Waals surface area contributed by atoms with Crippen molar-refractivity contribution < 1.29 is 9.59 Å². The number of thioether (sulfide) groups is 1. The molecule has 0 atom stereocenters. The zero-order valence-corrected chi connectivity index (χ0v) is 11.0. The Kier molecular flexibility index (Phi) is 6.07. The van der Waals surface area contributed by atoms with Crippen LogP contribution in [0.3, 0.4) is 0 Å². The molecule has 0 aliphatic heterocycles. The quantitative estimate of drug-likeness (QED) is 0.532. The standard InChI is InChI=1S/C12H17N3O2S/c1-14-12(17)8-18-7-6-11(16)15-10-5-3-2-4-9(10)13/h2-5H,6-8,13H2,1H3,(H,14,17)(H,15,16). The molecular weight excluding hydrogens is 250 g/mol. The molecular formula is C12H17N3O2S. The van der Waals surface area contributed by atoms with E-state index in [1.165, 1.54) is 11.8 Å². The smallest absolute Gasteiger partial charge is 0.229 e. The summed E-state index contributed by atoms with van der Waals surface area (Å²) < 4.78 is 0. The van der Waals surface area contributed by atoms with Gasteiger partial charge in [0.05, 0.1) is 17.1 Å². The van der Waals surface area contributed by atoms with Crippen molar-refractivity contribution in [3.8, 4) is 0 Å². The molecule has 0 aliphatic rings. The number of nitrogens with one attached hydrogen (secondary N) is 2. The van der Waals surface area contributed by atoms with Gasteiger partial charge in [-0.05, 0) is 12.1 Å². The Labute approximate surface area is 111 Å². The lowest BCUT2D eigenvalue weighted by Crippen LogP contribution is -2.20. The molecule has 0 saturated heterocycles. The fraction of sp³-hybridized carbons (Fsp3) is 0.333. The van der Waals surface area contributed by atoms with Gasteiger partial charge in [-0.15, -0.1) is 0 Å². The van der Waals surface area contributed by atoms with E-state index in [0.717, 1.165) is 0 Å². The molecule has 0 unspecified atom stereocenters. The molecule has 5 nitrogen and oxygen atoms in total. The molecule has 0 spiro atoms. The van der Waals surface area contributed by atoms with Crippen LogP contribution in [0, 0.1) is 0 Å². The normalized spacial score (nSPS) is 9.83. The van der Waals surface area contributed by atoms with Crippen LogP contribution in [0.4, 0.5) is 11.4 Å². The van der Waals surface area contributed by atoms with Crippen molar-refractivity contribution in [2.75, 3.05) is 29.6 Å². The van der Waals surface area contributed by atoms with Gasteiger partial charge in [-0.25, -0.2) is 0 Å². The van der Waals surface area contributed by atoms with Crippen molar-refractivity contribution in [3.05, 3.63) is 24.3 Å². The molecule has 1 rings (SSSR count). The zero-order chi connectivity index (χ0) is 13.4. The highest BCUT2D eigenvalue weighted by Crippen LogP contribution is 2.17. The van der Waals surface area contributed by atoms with E-state index in [1.807, 2.05) is 12.1 Å². The number of rotatable bonds is 6. The summed E-state index contributed by atoms with van der Waals surface area (Å²) in [5.74, 6) is 0.841. The van der Waals surface area contributed by atoms with Crippen LogP contribution in [-0.2, 0) is 9.59 Å². The van der Waals surface area contributed by atoms with Crippen molar-refractivity contribution in [2.45, 2.75) is 6.42 Å². The molecule has 0 aromatic heterocycles. The van der Waals surface area contributed by atoms with Gasteiger partial charge in [-0.1, -0.05) is 12.1 Å². The third kappa shape index (κ3) is 5.09. The second-order valence-electron chi connectivity index (χ2n) is 3.61. The van der Waals surface area contributed by atoms with E-state index < -0.39 is 0 Å². The van der Waals surface area contributed by atoms with Crippen LogP contribution in [0.5, 0.6) is 0 Å². The van der Waals surface area contributed by atoms with Crippen LogP contribution in [-0.4, -0.2) is 30.4 Å². The number of hydrogen-bond acceptors (Lipinski definition) is 4. The predicted molar refractivity (Wildman–Crippen MR) is 75.5 cm³/mol. The van der Waals surface area contributed by atoms with Crippen LogP contribution >= 0.6 is 11.8 Å². The first-order valence-electron chi connectivity index (χ1n) is 5.56. The van der Waals surface area contributed by atoms with E-state index in [2.05, 4.69) is 10.6 Å². The molecule has 0 radical (unpaired) electrons. The van der Waals surface area contributed by atoms with E-state index in [0.29, 0.717) is 29.3 Å². The highest BCUT2D eigenvalue weighted by atomic mass is 32.2. The van der Waals surface area contributed by atoms with Crippen molar-refractivity contribution in [2.24, 2.45) is 0 Å². The first kappa shape index (κ1) is 14.4. The van der Waals surface area contributed by atoms with Crippen LogP contribution in [0.1, 0.15) is 6.42 Å². The molecule has 6 heteroatoms. The van der Waals surface area contributed by atoms with E-state index in [1.54, 1.807) is 19.2 Å². The Morgan fingerprint density at radius 1 is 1.28 bits per heavy atom. The number of benzene rings is 1. The topological polar surface area (TPSA) is 84.2 Å². The minimum atomic E-state index is -0.0997. The van der Waals surface area contributed by atoms with Crippen molar-refractivity contribution in [3.63, 3.8) is 0 Å². The van der Waals surface area contributed by atoms with Crippen molar-refractivity contribution >= 4 is 35.0 Å². The highest BCUT2D eigenvalue weighted by molar-refractivity contribution is 7.99. The SMILES string of the molecule is CNC(=O)CSCCC(=O)Nc1ccccc1N. The minimum Gasteiger partial charge on any atom is -0.397 e. The molecule has 1 aromatic rings. The monoisotopic (exact) mass is 267 g/mol. The van der Waals surface area contributed by atoms with Gasteiger partial charge in [0.1, 0.15) is 0 Å². The highest BCUT2D eigenvalue weighted by Gasteiger charge is 2.05. The lowest BCUT2D eigenvalue weighted by atomic mass is 10.2. The first-order valence-corrected chi connectivity index (χ1v) is 6.71. The number of hydrogen-bond donors (Lipinski definition) is 3. The second-order valence-corrected chi connectivity index (χ2v) is 4.72. The van der Waals surface area contributed by atoms with Gasteiger partial charge >= 0.3 is 0 Å². The number of carbonyl (C=O) groups excluding carboxylic acids is 2. The van der Waals surface area contributed by atoms with Crippen molar-refractivity contribution in [1.82, 2.24) is 5.32 Å². The van der Waals surface area contributed by atoms with Crippen LogP contribution in [0.15, 0.2) is 24.3 Å². The number of para-hydroxylation sites is 2. The van der Waals surface area contributed by atoms with Crippen LogP contribution < -0.4 is 16.4 Å². The third-order valence-corrected chi connectivity index (χ3v) is 3.18. The maximum Gasteiger partial charge on any atom is 0.229 e. The Morgan fingerprint density at radius 2 is 2.00 bits per heavy atom. The summed E-state index contributed by atoms with van der Waals surface area (Å²) in [7, 11) is 1.59. The van der Waals surface area contributed by atoms with Gasteiger partial charge in [-0.2, -0.15) is 11.8 Å². The maximum absolute atomic E-state index is 11.6. The van der Waals surface area contributed by atoms with E-state index in [9.17, 15) is 9.59 Å². The summed E-state index contributed by atoms with van der Waals surface area (Å²) in [6.07, 6.45) is 0.357. The fourth-order valence-corrected chi connectivity index (χ4v) is 2.03. The maximum atomic E-state index is 11.6. The zero-order valence-electron chi connectivity index (χ0n) is 10.2. The summed E-state index contributed by atoms with van der Waals surface area (Å²) >= 11 is 1.42. The Bertz CT molecular complexity index is 424. The molecule has 0 bridgehead atoms. The first-order chi connectivity index (χ1) is 8.63. The summed E-state index contributed by atoms with van der Waals surface area (Å²) in [5.41, 5.74) is 6.88. The Balaban J connectivity index is 2.26. The van der Waals surface area contributed by atoms with Gasteiger partial charge < -0.3 is 16.4 Å². The summed E-state index contributed by atoms with van der Waals surface area (Å²) in [6.45, 7) is 0. The third-order valence-electron chi connectivity index (χ3n) is 2.22. The Morgan fingerprint density at radius 3 is 2.67 bits per heavy atom.